The SMILES string of the molecule is COP(=O)(O)OCCCNC(=O)Cc1cnc2c(c1-c1ccccc1)=CC(C)CC=2. The molecule has 7 nitrogen and oxygen atoms in total. The Kier molecular flexibility index (Phi) is 7.56. The number of amides is 1. The van der Waals surface area contributed by atoms with Crippen LogP contribution in [0.3, 0.4) is 0 Å². The van der Waals surface area contributed by atoms with E-state index >= 15 is 0 Å². The lowest BCUT2D eigenvalue weighted by Gasteiger charge is -2.15. The third kappa shape index (κ3) is 5.86. The zero-order valence-corrected chi connectivity index (χ0v) is 18.1. The van der Waals surface area contributed by atoms with Crippen molar-refractivity contribution in [2.24, 2.45) is 5.92 Å². The van der Waals surface area contributed by atoms with Gasteiger partial charge in [0.05, 0.1) is 18.4 Å². The zero-order chi connectivity index (χ0) is 21.6. The molecule has 0 bridgehead atoms. The Bertz CT molecular complexity index is 1060. The fourth-order valence-electron chi connectivity index (χ4n) is 3.41. The molecule has 8 heteroatoms. The first-order chi connectivity index (χ1) is 14.4. The van der Waals surface area contributed by atoms with Crippen LogP contribution in [-0.4, -0.2) is 36.0 Å². The number of nitrogens with zero attached hydrogens (tertiary/aromatic N) is 1. The molecule has 2 unspecified atom stereocenters. The van der Waals surface area contributed by atoms with E-state index in [0.29, 0.717) is 18.9 Å². The fraction of sp³-hybridized carbons (Fsp3) is 0.364. The summed E-state index contributed by atoms with van der Waals surface area (Å²) in [5, 5.41) is 4.86. The Morgan fingerprint density at radius 1 is 1.33 bits per heavy atom. The molecule has 0 saturated heterocycles. The third-order valence-corrected chi connectivity index (χ3v) is 5.87. The summed E-state index contributed by atoms with van der Waals surface area (Å²) < 4.78 is 20.3. The predicted molar refractivity (Wildman–Crippen MR) is 116 cm³/mol. The lowest BCUT2D eigenvalue weighted by atomic mass is 9.92. The van der Waals surface area contributed by atoms with E-state index in [2.05, 4.69) is 33.9 Å². The quantitative estimate of drug-likeness (QED) is 0.467. The number of hydrogen-bond acceptors (Lipinski definition) is 5. The van der Waals surface area contributed by atoms with Crippen molar-refractivity contribution in [3.05, 3.63) is 52.7 Å². The number of carbonyl (C=O) groups excluding carboxylic acids is 1. The van der Waals surface area contributed by atoms with Crippen LogP contribution >= 0.6 is 7.82 Å². The number of phosphoric acid groups is 1. The number of phosphoric ester groups is 1. The highest BCUT2D eigenvalue weighted by atomic mass is 31.2. The van der Waals surface area contributed by atoms with Crippen LogP contribution in [0.5, 0.6) is 0 Å². The number of nitrogens with one attached hydrogen (secondary N) is 1. The van der Waals surface area contributed by atoms with Gasteiger partial charge in [-0.2, -0.15) is 0 Å². The maximum Gasteiger partial charge on any atom is 0.471 e. The standard InChI is InChI=1S/C22H27N2O5P/c1-16-9-10-20-19(13-16)22(17-7-4-3-5-8-17)18(15-24-20)14-21(25)23-11-6-12-29-30(26,27)28-2/h3-5,7-8,10,13,15-16H,6,9,11-12,14H2,1-2H3,(H,23,25)(H,26,27). The maximum absolute atomic E-state index is 12.5. The van der Waals surface area contributed by atoms with Crippen LogP contribution in [0.15, 0.2) is 36.5 Å². The molecule has 1 aromatic heterocycles. The van der Waals surface area contributed by atoms with E-state index in [1.807, 2.05) is 30.3 Å². The summed E-state index contributed by atoms with van der Waals surface area (Å²) in [4.78, 5) is 26.3. The van der Waals surface area contributed by atoms with E-state index in [1.165, 1.54) is 0 Å². The van der Waals surface area contributed by atoms with E-state index in [-0.39, 0.29) is 18.9 Å². The number of rotatable bonds is 9. The molecule has 1 aromatic carbocycles. The molecule has 2 aromatic rings. The van der Waals surface area contributed by atoms with Gasteiger partial charge >= 0.3 is 7.82 Å². The van der Waals surface area contributed by atoms with Gasteiger partial charge in [-0.15, -0.1) is 0 Å². The van der Waals surface area contributed by atoms with Crippen LogP contribution in [0.2, 0.25) is 0 Å². The first-order valence-corrected chi connectivity index (χ1v) is 11.4. The predicted octanol–water partition coefficient (Wildman–Crippen LogP) is 2.16. The van der Waals surface area contributed by atoms with Crippen molar-refractivity contribution >= 4 is 25.9 Å². The van der Waals surface area contributed by atoms with Gasteiger partial charge in [0.1, 0.15) is 0 Å². The summed E-state index contributed by atoms with van der Waals surface area (Å²) in [6.45, 7) is 2.52. The van der Waals surface area contributed by atoms with E-state index < -0.39 is 7.82 Å². The highest BCUT2D eigenvalue weighted by Crippen LogP contribution is 2.41. The Labute approximate surface area is 176 Å². The molecule has 0 radical (unpaired) electrons. The van der Waals surface area contributed by atoms with E-state index in [0.717, 1.165) is 40.8 Å². The summed E-state index contributed by atoms with van der Waals surface area (Å²) >= 11 is 0. The number of hydrogen-bond donors (Lipinski definition) is 2. The largest absolute Gasteiger partial charge is 0.471 e. The normalized spacial score (nSPS) is 17.2. The topological polar surface area (TPSA) is 97.8 Å². The van der Waals surface area contributed by atoms with E-state index in [1.54, 1.807) is 6.20 Å². The molecule has 1 aliphatic rings. The molecule has 0 saturated carbocycles. The summed E-state index contributed by atoms with van der Waals surface area (Å²) in [5.74, 6) is 0.279. The van der Waals surface area contributed by atoms with Crippen molar-refractivity contribution in [3.8, 4) is 11.1 Å². The Hall–Kier alpha value is -2.31. The van der Waals surface area contributed by atoms with Crippen molar-refractivity contribution in [1.82, 2.24) is 10.3 Å². The molecule has 2 atom stereocenters. The van der Waals surface area contributed by atoms with Gasteiger partial charge in [-0.3, -0.25) is 18.8 Å². The van der Waals surface area contributed by atoms with Crippen LogP contribution in [0, 0.1) is 5.92 Å². The molecular weight excluding hydrogens is 403 g/mol. The maximum atomic E-state index is 12.5. The smallest absolute Gasteiger partial charge is 0.356 e. The van der Waals surface area contributed by atoms with Gasteiger partial charge in [-0.25, -0.2) is 4.57 Å². The molecular formula is C22H27N2O5P. The van der Waals surface area contributed by atoms with Crippen LogP contribution in [0.4, 0.5) is 0 Å². The van der Waals surface area contributed by atoms with Crippen LogP contribution in [0.25, 0.3) is 23.3 Å². The minimum atomic E-state index is -3.98. The molecule has 160 valence electrons. The van der Waals surface area contributed by atoms with Crippen molar-refractivity contribution in [2.75, 3.05) is 20.3 Å². The molecule has 1 amide bonds. The lowest BCUT2D eigenvalue weighted by Crippen LogP contribution is -2.35. The second-order valence-corrected chi connectivity index (χ2v) is 8.83. The lowest BCUT2D eigenvalue weighted by molar-refractivity contribution is -0.120. The van der Waals surface area contributed by atoms with Gasteiger partial charge in [0.15, 0.2) is 0 Å². The second kappa shape index (κ2) is 10.1. The third-order valence-electron chi connectivity index (χ3n) is 4.90. The van der Waals surface area contributed by atoms with Crippen LogP contribution in [0.1, 0.15) is 25.3 Å². The molecule has 0 spiro atoms. The Balaban J connectivity index is 1.74. The summed E-state index contributed by atoms with van der Waals surface area (Å²) in [7, 11) is -2.87. The number of carbonyl (C=O) groups is 1. The summed E-state index contributed by atoms with van der Waals surface area (Å²) in [6, 6.07) is 10.0. The molecule has 30 heavy (non-hydrogen) atoms. The molecule has 0 aliphatic heterocycles. The highest BCUT2D eigenvalue weighted by molar-refractivity contribution is 7.47. The number of pyridine rings is 1. The van der Waals surface area contributed by atoms with Gasteiger partial charge in [0, 0.05) is 25.1 Å². The first kappa shape index (κ1) is 22.4. The van der Waals surface area contributed by atoms with Gasteiger partial charge in [-0.05, 0) is 35.4 Å². The fourth-order valence-corrected chi connectivity index (χ4v) is 3.88. The van der Waals surface area contributed by atoms with E-state index in [9.17, 15) is 14.3 Å². The van der Waals surface area contributed by atoms with Gasteiger partial charge in [0.25, 0.3) is 0 Å². The second-order valence-electron chi connectivity index (χ2n) is 7.27. The minimum absolute atomic E-state index is 0.0141. The Morgan fingerprint density at radius 2 is 2.10 bits per heavy atom. The van der Waals surface area contributed by atoms with Gasteiger partial charge in [0.2, 0.25) is 5.91 Å². The van der Waals surface area contributed by atoms with Crippen molar-refractivity contribution in [2.45, 2.75) is 26.2 Å². The monoisotopic (exact) mass is 430 g/mol. The number of aromatic nitrogens is 1. The highest BCUT2D eigenvalue weighted by Gasteiger charge is 2.18. The zero-order valence-electron chi connectivity index (χ0n) is 17.2. The van der Waals surface area contributed by atoms with Crippen LogP contribution < -0.4 is 15.9 Å². The van der Waals surface area contributed by atoms with Crippen molar-refractivity contribution < 1.29 is 23.3 Å². The average molecular weight is 430 g/mol. The van der Waals surface area contributed by atoms with Gasteiger partial charge < -0.3 is 10.2 Å². The molecule has 0 fully saturated rings. The van der Waals surface area contributed by atoms with Crippen molar-refractivity contribution in [1.29, 1.82) is 0 Å². The average Bonchev–Trinajstić information content (AvgIpc) is 2.73. The summed E-state index contributed by atoms with van der Waals surface area (Å²) in [5.41, 5.74) is 2.97. The molecule has 2 N–H and O–H groups in total. The minimum Gasteiger partial charge on any atom is -0.356 e. The van der Waals surface area contributed by atoms with E-state index in [4.69, 9.17) is 4.52 Å². The van der Waals surface area contributed by atoms with Crippen molar-refractivity contribution in [3.63, 3.8) is 0 Å². The Morgan fingerprint density at radius 3 is 2.83 bits per heavy atom. The first-order valence-electron chi connectivity index (χ1n) is 9.95. The molecule has 1 aliphatic carbocycles. The number of benzene rings is 1. The number of fused-ring (bicyclic) bond motifs is 1. The molecule has 3 rings (SSSR count). The van der Waals surface area contributed by atoms with Crippen LogP contribution in [-0.2, 0) is 24.8 Å². The summed E-state index contributed by atoms with van der Waals surface area (Å²) in [6.07, 6.45) is 7.71. The van der Waals surface area contributed by atoms with Gasteiger partial charge in [-0.1, -0.05) is 49.4 Å². The molecule has 1 heterocycles.